The molecule has 4 rings (SSSR count). The van der Waals surface area contributed by atoms with Gasteiger partial charge in [-0.3, -0.25) is 0 Å². The Bertz CT molecular complexity index is 585. The van der Waals surface area contributed by atoms with E-state index in [-0.39, 0.29) is 0 Å². The van der Waals surface area contributed by atoms with E-state index < -0.39 is 0 Å². The second-order valence-corrected chi connectivity index (χ2v) is 11.6. The minimum atomic E-state index is 0.621. The first-order valence-corrected chi connectivity index (χ1v) is 12.2. The zero-order chi connectivity index (χ0) is 19.2. The van der Waals surface area contributed by atoms with Crippen LogP contribution < -0.4 is 0 Å². The van der Waals surface area contributed by atoms with Crippen molar-refractivity contribution in [3.63, 3.8) is 0 Å². The highest BCUT2D eigenvalue weighted by Gasteiger charge is 2.59. The molecule has 0 N–H and O–H groups in total. The van der Waals surface area contributed by atoms with E-state index in [0.717, 1.165) is 35.5 Å². The van der Waals surface area contributed by atoms with Crippen LogP contribution in [0.3, 0.4) is 0 Å². The summed E-state index contributed by atoms with van der Waals surface area (Å²) in [7, 11) is 0. The highest BCUT2D eigenvalue weighted by atomic mass is 14.6. The van der Waals surface area contributed by atoms with Crippen molar-refractivity contribution < 1.29 is 0 Å². The normalized spacial score (nSPS) is 47.9. The summed E-state index contributed by atoms with van der Waals surface area (Å²) in [6.07, 6.45) is 21.1. The van der Waals surface area contributed by atoms with Crippen LogP contribution in [0.2, 0.25) is 0 Å². The lowest BCUT2D eigenvalue weighted by atomic mass is 9.44. The average Bonchev–Trinajstić information content (AvgIpc) is 2.98. The molecule has 0 amide bonds. The number of fused-ring (bicyclic) bond motifs is 5. The Morgan fingerprint density at radius 2 is 1.74 bits per heavy atom. The van der Waals surface area contributed by atoms with E-state index in [1.54, 1.807) is 12.8 Å². The fourth-order valence-electron chi connectivity index (χ4n) is 8.92. The Kier molecular flexibility index (Phi) is 5.41. The molecule has 0 bridgehead atoms. The fraction of sp³-hybridized carbons (Fsp3) is 0.852. The van der Waals surface area contributed by atoms with E-state index in [1.165, 1.54) is 63.4 Å². The number of hydrogen-bond donors (Lipinski definition) is 0. The summed E-state index contributed by atoms with van der Waals surface area (Å²) in [6, 6.07) is 0. The molecule has 0 radical (unpaired) electrons. The van der Waals surface area contributed by atoms with Crippen molar-refractivity contribution in [1.29, 1.82) is 0 Å². The molecule has 0 spiro atoms. The summed E-state index contributed by atoms with van der Waals surface area (Å²) in [6.45, 7) is 14.1. The van der Waals surface area contributed by atoms with Crippen LogP contribution in [-0.2, 0) is 0 Å². The third-order valence-corrected chi connectivity index (χ3v) is 10.3. The summed E-state index contributed by atoms with van der Waals surface area (Å²) in [5.41, 5.74) is 2.50. The van der Waals surface area contributed by atoms with Crippen molar-refractivity contribution in [2.45, 2.75) is 98.3 Å². The lowest BCUT2D eigenvalue weighted by molar-refractivity contribution is -0.114. The van der Waals surface area contributed by atoms with Crippen molar-refractivity contribution in [3.05, 3.63) is 24.3 Å². The van der Waals surface area contributed by atoms with Crippen molar-refractivity contribution in [3.8, 4) is 0 Å². The lowest BCUT2D eigenvalue weighted by Gasteiger charge is -2.61. The molecule has 0 nitrogen and oxygen atoms in total. The zero-order valence-electron chi connectivity index (χ0n) is 18.6. The van der Waals surface area contributed by atoms with E-state index in [1.807, 2.05) is 0 Å². The van der Waals surface area contributed by atoms with Gasteiger partial charge in [0.15, 0.2) is 0 Å². The molecule has 0 aromatic rings. The van der Waals surface area contributed by atoms with E-state index >= 15 is 0 Å². The Labute approximate surface area is 169 Å². The smallest absolute Gasteiger partial charge is 0.0264 e. The van der Waals surface area contributed by atoms with Crippen LogP contribution in [0.15, 0.2) is 24.3 Å². The van der Waals surface area contributed by atoms with Crippen LogP contribution in [0.25, 0.3) is 0 Å². The zero-order valence-corrected chi connectivity index (χ0v) is 18.6. The molecule has 4 saturated carbocycles. The van der Waals surface area contributed by atoms with Gasteiger partial charge in [-0.25, -0.2) is 0 Å². The molecule has 0 heterocycles. The summed E-state index contributed by atoms with van der Waals surface area (Å²) < 4.78 is 0. The van der Waals surface area contributed by atoms with Crippen LogP contribution in [0.4, 0.5) is 0 Å². The molecule has 4 fully saturated rings. The van der Waals surface area contributed by atoms with E-state index in [2.05, 4.69) is 46.4 Å². The first-order chi connectivity index (χ1) is 12.9. The second-order valence-electron chi connectivity index (χ2n) is 11.6. The Morgan fingerprint density at radius 3 is 2.52 bits per heavy atom. The maximum absolute atomic E-state index is 4.03. The Balaban J connectivity index is 1.50. The quantitative estimate of drug-likeness (QED) is 0.439. The molecule has 0 aromatic carbocycles. The molecule has 0 unspecified atom stereocenters. The minimum Gasteiger partial charge on any atom is -0.0961 e. The Morgan fingerprint density at radius 1 is 0.963 bits per heavy atom. The molecule has 152 valence electrons. The molecular formula is C27H44. The molecule has 0 aliphatic heterocycles. The summed E-state index contributed by atoms with van der Waals surface area (Å²) in [5.74, 6) is 5.94. The van der Waals surface area contributed by atoms with Crippen LogP contribution in [0.1, 0.15) is 98.3 Å². The largest absolute Gasteiger partial charge is 0.0961 e. The molecular weight excluding hydrogens is 324 g/mol. The van der Waals surface area contributed by atoms with Gasteiger partial charge in [-0.2, -0.15) is 0 Å². The van der Waals surface area contributed by atoms with Crippen LogP contribution in [0.5, 0.6) is 0 Å². The van der Waals surface area contributed by atoms with Gasteiger partial charge in [0.05, 0.1) is 0 Å². The highest BCUT2D eigenvalue weighted by molar-refractivity contribution is 5.12. The highest BCUT2D eigenvalue weighted by Crippen LogP contribution is 2.68. The lowest BCUT2D eigenvalue weighted by Crippen LogP contribution is -2.53. The summed E-state index contributed by atoms with van der Waals surface area (Å²) >= 11 is 0. The van der Waals surface area contributed by atoms with Crippen molar-refractivity contribution in [1.82, 2.24) is 0 Å². The summed E-state index contributed by atoms with van der Waals surface area (Å²) in [5, 5.41) is 0. The number of hydrogen-bond acceptors (Lipinski definition) is 0. The summed E-state index contributed by atoms with van der Waals surface area (Å²) in [4.78, 5) is 0. The Hall–Kier alpha value is -0.520. The molecule has 0 aromatic heterocycles. The maximum atomic E-state index is 4.03. The molecule has 0 heteroatoms. The molecule has 0 saturated heterocycles. The van der Waals surface area contributed by atoms with Gasteiger partial charge in [0.1, 0.15) is 0 Å². The first-order valence-electron chi connectivity index (χ1n) is 12.2. The predicted molar refractivity (Wildman–Crippen MR) is 118 cm³/mol. The predicted octanol–water partition coefficient (Wildman–Crippen LogP) is 8.19. The van der Waals surface area contributed by atoms with Crippen molar-refractivity contribution >= 4 is 0 Å². The van der Waals surface area contributed by atoms with Crippen molar-refractivity contribution in [2.24, 2.45) is 46.3 Å². The van der Waals surface area contributed by atoms with E-state index in [4.69, 9.17) is 0 Å². The van der Waals surface area contributed by atoms with Gasteiger partial charge in [-0.1, -0.05) is 57.9 Å². The van der Waals surface area contributed by atoms with E-state index in [0.29, 0.717) is 10.8 Å². The molecule has 27 heavy (non-hydrogen) atoms. The second kappa shape index (κ2) is 7.38. The topological polar surface area (TPSA) is 0 Å². The molecule has 8 atom stereocenters. The van der Waals surface area contributed by atoms with Gasteiger partial charge >= 0.3 is 0 Å². The van der Waals surface area contributed by atoms with Crippen LogP contribution in [0, 0.1) is 46.3 Å². The van der Waals surface area contributed by atoms with Crippen molar-refractivity contribution in [2.75, 3.05) is 0 Å². The molecule has 4 aliphatic carbocycles. The van der Waals surface area contributed by atoms with Gasteiger partial charge in [0.2, 0.25) is 0 Å². The van der Waals surface area contributed by atoms with Crippen LogP contribution >= 0.6 is 0 Å². The average molecular weight is 369 g/mol. The van der Waals surface area contributed by atoms with Crippen LogP contribution in [-0.4, -0.2) is 0 Å². The standard InChI is InChI=1S/C27H44/c1-19(2)9-8-10-20(3)23-14-15-24-22-13-12-21-11-6-7-17-26(21,4)25(22)16-18-27(23,24)5/h8-9,20-25H,1,6-7,10-18H2,2-5H3/t20-,21-,22+,23-,24+,25+,26+,27-/m1/s1. The van der Waals surface area contributed by atoms with Gasteiger partial charge in [0.25, 0.3) is 0 Å². The van der Waals surface area contributed by atoms with Gasteiger partial charge in [0, 0.05) is 0 Å². The minimum absolute atomic E-state index is 0.621. The number of allylic oxidation sites excluding steroid dienone is 3. The van der Waals surface area contributed by atoms with Gasteiger partial charge in [-0.05, 0) is 111 Å². The van der Waals surface area contributed by atoms with E-state index in [9.17, 15) is 0 Å². The third kappa shape index (κ3) is 3.28. The maximum Gasteiger partial charge on any atom is -0.0264 e. The fourth-order valence-corrected chi connectivity index (χ4v) is 8.92. The first kappa shape index (κ1) is 19.8. The molecule has 4 aliphatic rings. The van der Waals surface area contributed by atoms with Gasteiger partial charge < -0.3 is 0 Å². The third-order valence-electron chi connectivity index (χ3n) is 10.3. The van der Waals surface area contributed by atoms with Gasteiger partial charge in [-0.15, -0.1) is 0 Å². The SMILES string of the molecule is C=C(C)C=CC[C@@H](C)[C@H]1CC[C@H]2[C@@H]3CC[C@H]4CCCC[C@]4(C)[C@H]3CC[C@]12C. The monoisotopic (exact) mass is 368 g/mol. The number of rotatable bonds is 4.